The number of rotatable bonds is 5. The third kappa shape index (κ3) is 3.13. The van der Waals surface area contributed by atoms with Crippen LogP contribution in [0.2, 0.25) is 0 Å². The predicted octanol–water partition coefficient (Wildman–Crippen LogP) is 1.23. The lowest BCUT2D eigenvalue weighted by Crippen LogP contribution is -2.17. The van der Waals surface area contributed by atoms with E-state index in [1.807, 2.05) is 17.9 Å². The van der Waals surface area contributed by atoms with E-state index < -0.39 is 0 Å². The highest BCUT2D eigenvalue weighted by atomic mass is 16.4. The Hall–Kier alpha value is -1.69. The molecule has 0 aliphatic rings. The maximum absolute atomic E-state index is 5.33. The van der Waals surface area contributed by atoms with E-state index in [0.29, 0.717) is 18.3 Å². The fraction of sp³-hybridized carbons (Fsp3) is 0.545. The Labute approximate surface area is 100 Å². The van der Waals surface area contributed by atoms with Crippen LogP contribution in [0.25, 0.3) is 0 Å². The Morgan fingerprint density at radius 1 is 1.35 bits per heavy atom. The predicted molar refractivity (Wildman–Crippen MR) is 62.1 cm³/mol. The van der Waals surface area contributed by atoms with Gasteiger partial charge in [-0.2, -0.15) is 5.10 Å². The molecule has 0 unspecified atom stereocenters. The highest BCUT2D eigenvalue weighted by Gasteiger charge is 2.08. The largest absolute Gasteiger partial charge is 0.424 e. The molecule has 0 aliphatic heterocycles. The van der Waals surface area contributed by atoms with Gasteiger partial charge >= 0.3 is 0 Å². The highest BCUT2D eigenvalue weighted by molar-refractivity contribution is 5.03. The van der Waals surface area contributed by atoms with Gasteiger partial charge in [0.1, 0.15) is 0 Å². The molecule has 0 spiro atoms. The fourth-order valence-electron chi connectivity index (χ4n) is 1.66. The van der Waals surface area contributed by atoms with Gasteiger partial charge in [-0.1, -0.05) is 0 Å². The zero-order chi connectivity index (χ0) is 12.3. The molecule has 0 amide bonds. The molecule has 92 valence electrons. The van der Waals surface area contributed by atoms with Crippen molar-refractivity contribution in [2.24, 2.45) is 0 Å². The summed E-state index contributed by atoms with van der Waals surface area (Å²) in [6.07, 6.45) is 3.94. The second-order valence-corrected chi connectivity index (χ2v) is 4.09. The molecule has 0 aromatic carbocycles. The number of hydrogen-bond acceptors (Lipinski definition) is 5. The van der Waals surface area contributed by atoms with Crippen LogP contribution in [0.3, 0.4) is 0 Å². The highest BCUT2D eigenvalue weighted by Crippen LogP contribution is 2.06. The zero-order valence-electron chi connectivity index (χ0n) is 10.4. The van der Waals surface area contributed by atoms with Crippen molar-refractivity contribution in [1.82, 2.24) is 24.9 Å². The summed E-state index contributed by atoms with van der Waals surface area (Å²) >= 11 is 0. The van der Waals surface area contributed by atoms with E-state index in [1.165, 1.54) is 5.56 Å². The van der Waals surface area contributed by atoms with Gasteiger partial charge in [-0.25, -0.2) is 0 Å². The number of nitrogens with zero attached hydrogens (tertiary/aromatic N) is 5. The number of aromatic nitrogens is 4. The van der Waals surface area contributed by atoms with E-state index >= 15 is 0 Å². The summed E-state index contributed by atoms with van der Waals surface area (Å²) in [7, 11) is 2.02. The molecule has 0 aliphatic carbocycles. The molecule has 6 heteroatoms. The van der Waals surface area contributed by atoms with Gasteiger partial charge in [-0.3, -0.25) is 9.58 Å². The molecule has 2 heterocycles. The van der Waals surface area contributed by atoms with Crippen LogP contribution < -0.4 is 0 Å². The van der Waals surface area contributed by atoms with Crippen molar-refractivity contribution in [3.63, 3.8) is 0 Å². The Bertz CT molecular complexity index is 476. The molecule has 0 N–H and O–H groups in total. The lowest BCUT2D eigenvalue weighted by molar-refractivity contribution is 0.278. The van der Waals surface area contributed by atoms with Gasteiger partial charge in [-0.15, -0.1) is 10.2 Å². The van der Waals surface area contributed by atoms with Gasteiger partial charge in [0.05, 0.1) is 12.7 Å². The third-order valence-corrected chi connectivity index (χ3v) is 2.44. The summed E-state index contributed by atoms with van der Waals surface area (Å²) in [5, 5.41) is 12.0. The van der Waals surface area contributed by atoms with Crippen LogP contribution in [-0.2, 0) is 19.6 Å². The van der Waals surface area contributed by atoms with Crippen LogP contribution in [0.5, 0.6) is 0 Å². The first kappa shape index (κ1) is 11.8. The summed E-state index contributed by atoms with van der Waals surface area (Å²) in [6, 6.07) is 0. The van der Waals surface area contributed by atoms with Crippen molar-refractivity contribution in [2.45, 2.75) is 33.5 Å². The Balaban J connectivity index is 1.90. The molecule has 2 aromatic heterocycles. The van der Waals surface area contributed by atoms with Crippen molar-refractivity contribution >= 4 is 0 Å². The van der Waals surface area contributed by atoms with E-state index in [0.717, 1.165) is 13.1 Å². The minimum absolute atomic E-state index is 0.604. The smallest absolute Gasteiger partial charge is 0.230 e. The molecular formula is C11H17N5O. The van der Waals surface area contributed by atoms with Crippen molar-refractivity contribution in [2.75, 3.05) is 7.05 Å². The first-order valence-electron chi connectivity index (χ1n) is 5.66. The van der Waals surface area contributed by atoms with Crippen molar-refractivity contribution < 1.29 is 4.42 Å². The molecule has 2 aromatic rings. The average molecular weight is 235 g/mol. The van der Waals surface area contributed by atoms with Crippen molar-refractivity contribution in [3.8, 4) is 0 Å². The normalized spacial score (nSPS) is 11.3. The third-order valence-electron chi connectivity index (χ3n) is 2.44. The summed E-state index contributed by atoms with van der Waals surface area (Å²) in [5.74, 6) is 1.25. The second-order valence-electron chi connectivity index (χ2n) is 4.09. The van der Waals surface area contributed by atoms with Gasteiger partial charge in [0.2, 0.25) is 11.8 Å². The second kappa shape index (κ2) is 5.09. The Morgan fingerprint density at radius 3 is 2.76 bits per heavy atom. The van der Waals surface area contributed by atoms with E-state index in [-0.39, 0.29) is 0 Å². The van der Waals surface area contributed by atoms with E-state index in [4.69, 9.17) is 4.42 Å². The molecule has 0 bridgehead atoms. The van der Waals surface area contributed by atoms with Gasteiger partial charge < -0.3 is 4.42 Å². The molecule has 0 saturated heterocycles. The van der Waals surface area contributed by atoms with E-state index in [1.54, 1.807) is 6.92 Å². The SMILES string of the molecule is CCn1cc(CN(C)Cc2nnc(C)o2)cn1. The fourth-order valence-corrected chi connectivity index (χ4v) is 1.66. The maximum Gasteiger partial charge on any atom is 0.230 e. The quantitative estimate of drug-likeness (QED) is 0.780. The monoisotopic (exact) mass is 235 g/mol. The minimum Gasteiger partial charge on any atom is -0.424 e. The Morgan fingerprint density at radius 2 is 2.18 bits per heavy atom. The van der Waals surface area contributed by atoms with Gasteiger partial charge in [0, 0.05) is 31.8 Å². The summed E-state index contributed by atoms with van der Waals surface area (Å²) in [5.41, 5.74) is 1.19. The van der Waals surface area contributed by atoms with Crippen molar-refractivity contribution in [3.05, 3.63) is 29.7 Å². The van der Waals surface area contributed by atoms with Crippen LogP contribution >= 0.6 is 0 Å². The summed E-state index contributed by atoms with van der Waals surface area (Å²) < 4.78 is 7.25. The summed E-state index contributed by atoms with van der Waals surface area (Å²) in [6.45, 7) is 6.23. The zero-order valence-corrected chi connectivity index (χ0v) is 10.4. The van der Waals surface area contributed by atoms with Crippen LogP contribution in [0.15, 0.2) is 16.8 Å². The van der Waals surface area contributed by atoms with Gasteiger partial charge in [-0.05, 0) is 14.0 Å². The number of aryl methyl sites for hydroxylation is 2. The molecule has 0 atom stereocenters. The van der Waals surface area contributed by atoms with Crippen LogP contribution in [-0.4, -0.2) is 31.9 Å². The number of hydrogen-bond donors (Lipinski definition) is 0. The molecule has 2 rings (SSSR count). The van der Waals surface area contributed by atoms with Crippen LogP contribution in [0.4, 0.5) is 0 Å². The maximum atomic E-state index is 5.33. The summed E-state index contributed by atoms with van der Waals surface area (Å²) in [4.78, 5) is 2.12. The minimum atomic E-state index is 0.604. The molecule has 0 radical (unpaired) electrons. The molecular weight excluding hydrogens is 218 g/mol. The van der Waals surface area contributed by atoms with Crippen LogP contribution in [0.1, 0.15) is 24.3 Å². The van der Waals surface area contributed by atoms with Gasteiger partial charge in [0.25, 0.3) is 0 Å². The lowest BCUT2D eigenvalue weighted by atomic mass is 10.3. The first-order chi connectivity index (χ1) is 8.17. The van der Waals surface area contributed by atoms with E-state index in [9.17, 15) is 0 Å². The van der Waals surface area contributed by atoms with Crippen molar-refractivity contribution in [1.29, 1.82) is 0 Å². The average Bonchev–Trinajstić information content (AvgIpc) is 2.88. The lowest BCUT2D eigenvalue weighted by Gasteiger charge is -2.12. The van der Waals surface area contributed by atoms with E-state index in [2.05, 4.69) is 33.3 Å². The molecule has 6 nitrogen and oxygen atoms in total. The van der Waals surface area contributed by atoms with Gasteiger partial charge in [0.15, 0.2) is 0 Å². The molecule has 0 saturated carbocycles. The Kier molecular flexibility index (Phi) is 3.53. The topological polar surface area (TPSA) is 60.0 Å². The first-order valence-corrected chi connectivity index (χ1v) is 5.66. The molecule has 17 heavy (non-hydrogen) atoms. The molecule has 0 fully saturated rings. The van der Waals surface area contributed by atoms with Crippen LogP contribution in [0, 0.1) is 6.92 Å². The standard InChI is InChI=1S/C11H17N5O/c1-4-16-7-10(5-12-16)6-15(3)8-11-14-13-9(2)17-11/h5,7H,4,6,8H2,1-3H3.